The summed E-state index contributed by atoms with van der Waals surface area (Å²) >= 11 is 9.27. The predicted octanol–water partition coefficient (Wildman–Crippen LogP) is 3.40. The lowest BCUT2D eigenvalue weighted by Crippen LogP contribution is -2.40. The fourth-order valence-corrected chi connectivity index (χ4v) is 2.44. The van der Waals surface area contributed by atoms with Gasteiger partial charge in [-0.1, -0.05) is 11.6 Å². The molecule has 0 radical (unpaired) electrons. The van der Waals surface area contributed by atoms with Crippen molar-refractivity contribution < 1.29 is 9.53 Å². The van der Waals surface area contributed by atoms with Crippen LogP contribution in [0.3, 0.4) is 0 Å². The van der Waals surface area contributed by atoms with Gasteiger partial charge in [0.2, 0.25) is 0 Å². The molecule has 0 aromatic heterocycles. The number of benzene rings is 1. The van der Waals surface area contributed by atoms with Crippen LogP contribution in [0.15, 0.2) is 22.7 Å². The molecule has 1 aromatic rings. The topological polar surface area (TPSA) is 38.3 Å². The fraction of sp³-hybridized carbons (Fsp3) is 0.462. The molecule has 1 amide bonds. The largest absolute Gasteiger partial charge is 0.376 e. The van der Waals surface area contributed by atoms with E-state index < -0.39 is 0 Å². The first-order valence-electron chi connectivity index (χ1n) is 5.95. The van der Waals surface area contributed by atoms with Crippen LogP contribution in [-0.4, -0.2) is 24.7 Å². The van der Waals surface area contributed by atoms with Gasteiger partial charge in [-0.15, -0.1) is 0 Å². The van der Waals surface area contributed by atoms with Gasteiger partial charge in [-0.05, 0) is 53.9 Å². The highest BCUT2D eigenvalue weighted by Crippen LogP contribution is 2.23. The monoisotopic (exact) mass is 331 g/mol. The Hall–Kier alpha value is -0.580. The number of halogens is 2. The highest BCUT2D eigenvalue weighted by atomic mass is 79.9. The van der Waals surface area contributed by atoms with Crippen LogP contribution in [0.25, 0.3) is 0 Å². The summed E-state index contributed by atoms with van der Waals surface area (Å²) in [6.45, 7) is 2.75. The molecule has 18 heavy (non-hydrogen) atoms. The van der Waals surface area contributed by atoms with E-state index in [1.807, 2.05) is 6.92 Å². The average molecular weight is 333 g/mol. The van der Waals surface area contributed by atoms with Gasteiger partial charge in [0.25, 0.3) is 5.91 Å². The van der Waals surface area contributed by atoms with Crippen LogP contribution < -0.4 is 5.32 Å². The Morgan fingerprint density at radius 2 is 2.39 bits per heavy atom. The summed E-state index contributed by atoms with van der Waals surface area (Å²) in [4.78, 5) is 12.0. The molecule has 1 fully saturated rings. The first kappa shape index (κ1) is 13.8. The number of amides is 1. The number of rotatable bonds is 3. The van der Waals surface area contributed by atoms with Crippen LogP contribution in [0.1, 0.15) is 30.1 Å². The van der Waals surface area contributed by atoms with Crippen molar-refractivity contribution in [2.45, 2.75) is 31.9 Å². The van der Waals surface area contributed by atoms with Crippen molar-refractivity contribution >= 4 is 33.4 Å². The van der Waals surface area contributed by atoms with Crippen LogP contribution in [0, 0.1) is 0 Å². The Bertz CT molecular complexity index is 447. The number of nitrogens with one attached hydrogen (secondary N) is 1. The third kappa shape index (κ3) is 3.25. The van der Waals surface area contributed by atoms with Gasteiger partial charge in [0.15, 0.2) is 0 Å². The smallest absolute Gasteiger partial charge is 0.251 e. The molecule has 1 aliphatic heterocycles. The van der Waals surface area contributed by atoms with Gasteiger partial charge in [-0.3, -0.25) is 4.79 Å². The van der Waals surface area contributed by atoms with Crippen molar-refractivity contribution in [2.75, 3.05) is 6.61 Å². The second-order valence-electron chi connectivity index (χ2n) is 4.44. The van der Waals surface area contributed by atoms with Gasteiger partial charge in [-0.2, -0.15) is 0 Å². The Balaban J connectivity index is 2.00. The molecule has 1 N–H and O–H groups in total. The fourth-order valence-electron chi connectivity index (χ4n) is 2.02. The molecule has 5 heteroatoms. The van der Waals surface area contributed by atoms with Crippen LogP contribution in [-0.2, 0) is 4.74 Å². The van der Waals surface area contributed by atoms with E-state index in [1.165, 1.54) is 0 Å². The zero-order valence-corrected chi connectivity index (χ0v) is 12.4. The summed E-state index contributed by atoms with van der Waals surface area (Å²) in [7, 11) is 0. The van der Waals surface area contributed by atoms with E-state index in [1.54, 1.807) is 18.2 Å². The minimum atomic E-state index is -0.118. The van der Waals surface area contributed by atoms with E-state index >= 15 is 0 Å². The first-order chi connectivity index (χ1) is 8.58. The molecule has 1 heterocycles. The van der Waals surface area contributed by atoms with Gasteiger partial charge in [0, 0.05) is 16.6 Å². The summed E-state index contributed by atoms with van der Waals surface area (Å²) < 4.78 is 6.33. The Morgan fingerprint density at radius 3 is 3.00 bits per heavy atom. The van der Waals surface area contributed by atoms with Gasteiger partial charge < -0.3 is 10.1 Å². The maximum Gasteiger partial charge on any atom is 0.251 e. The van der Waals surface area contributed by atoms with Crippen molar-refractivity contribution in [3.05, 3.63) is 33.3 Å². The lowest BCUT2D eigenvalue weighted by molar-refractivity contribution is 0.0712. The lowest BCUT2D eigenvalue weighted by Gasteiger charge is -2.20. The molecule has 2 unspecified atom stereocenters. The zero-order valence-electron chi connectivity index (χ0n) is 10.1. The molecule has 2 rings (SSSR count). The molecular formula is C13H15BrClNO2. The average Bonchev–Trinajstić information content (AvgIpc) is 2.86. The van der Waals surface area contributed by atoms with E-state index in [9.17, 15) is 4.79 Å². The van der Waals surface area contributed by atoms with Crippen molar-refractivity contribution in [3.8, 4) is 0 Å². The number of hydrogen-bond donors (Lipinski definition) is 1. The minimum Gasteiger partial charge on any atom is -0.376 e. The molecule has 3 nitrogen and oxygen atoms in total. The molecule has 0 spiro atoms. The molecule has 0 saturated carbocycles. The third-order valence-corrected chi connectivity index (χ3v) is 4.30. The van der Waals surface area contributed by atoms with Crippen LogP contribution >= 0.6 is 27.5 Å². The third-order valence-electron chi connectivity index (χ3n) is 3.06. The molecule has 2 atom stereocenters. The number of hydrogen-bond acceptors (Lipinski definition) is 2. The van der Waals surface area contributed by atoms with Crippen molar-refractivity contribution in [2.24, 2.45) is 0 Å². The summed E-state index contributed by atoms with van der Waals surface area (Å²) in [6, 6.07) is 5.19. The number of carbonyl (C=O) groups excluding carboxylic acids is 1. The molecule has 0 aliphatic carbocycles. The maximum absolute atomic E-state index is 12.0. The highest BCUT2D eigenvalue weighted by Gasteiger charge is 2.24. The Kier molecular flexibility index (Phi) is 4.65. The molecule has 1 aromatic carbocycles. The highest BCUT2D eigenvalue weighted by molar-refractivity contribution is 9.10. The quantitative estimate of drug-likeness (QED) is 0.921. The summed E-state index contributed by atoms with van der Waals surface area (Å²) in [6.07, 6.45) is 2.19. The van der Waals surface area contributed by atoms with Crippen LogP contribution in [0.5, 0.6) is 0 Å². The van der Waals surface area contributed by atoms with Crippen molar-refractivity contribution in [1.82, 2.24) is 5.32 Å². The molecular weight excluding hydrogens is 318 g/mol. The second kappa shape index (κ2) is 6.04. The van der Waals surface area contributed by atoms with E-state index in [0.29, 0.717) is 10.6 Å². The summed E-state index contributed by atoms with van der Waals surface area (Å²) in [5.41, 5.74) is 0.563. The van der Waals surface area contributed by atoms with E-state index in [0.717, 1.165) is 23.9 Å². The summed E-state index contributed by atoms with van der Waals surface area (Å²) in [5.74, 6) is -0.118. The van der Waals surface area contributed by atoms with E-state index in [2.05, 4.69) is 21.2 Å². The summed E-state index contributed by atoms with van der Waals surface area (Å²) in [5, 5.41) is 3.48. The van der Waals surface area contributed by atoms with Crippen LogP contribution in [0.2, 0.25) is 5.02 Å². The zero-order chi connectivity index (χ0) is 13.1. The SMILES string of the molecule is CC(NC(=O)c1ccc(Br)c(Cl)c1)C1CCCO1. The molecule has 98 valence electrons. The van der Waals surface area contributed by atoms with Gasteiger partial charge in [0.05, 0.1) is 17.2 Å². The normalized spacial score (nSPS) is 20.7. The lowest BCUT2D eigenvalue weighted by atomic mass is 10.1. The standard InChI is InChI=1S/C13H15BrClNO2/c1-8(12-3-2-6-18-12)16-13(17)9-4-5-10(14)11(15)7-9/h4-5,7-8,12H,2-3,6H2,1H3,(H,16,17). The van der Waals surface area contributed by atoms with Gasteiger partial charge in [-0.25, -0.2) is 0 Å². The Morgan fingerprint density at radius 1 is 1.61 bits per heavy atom. The minimum absolute atomic E-state index is 0.0161. The number of ether oxygens (including phenoxy) is 1. The maximum atomic E-state index is 12.0. The van der Waals surface area contributed by atoms with E-state index in [-0.39, 0.29) is 18.1 Å². The molecule has 0 bridgehead atoms. The predicted molar refractivity (Wildman–Crippen MR) is 75.1 cm³/mol. The van der Waals surface area contributed by atoms with Crippen molar-refractivity contribution in [1.29, 1.82) is 0 Å². The molecule has 1 saturated heterocycles. The first-order valence-corrected chi connectivity index (χ1v) is 7.12. The second-order valence-corrected chi connectivity index (χ2v) is 5.70. The van der Waals surface area contributed by atoms with Crippen molar-refractivity contribution in [3.63, 3.8) is 0 Å². The van der Waals surface area contributed by atoms with Gasteiger partial charge >= 0.3 is 0 Å². The van der Waals surface area contributed by atoms with Gasteiger partial charge in [0.1, 0.15) is 0 Å². The number of carbonyl (C=O) groups is 1. The molecule has 1 aliphatic rings. The Labute approximate surface area is 120 Å². The van der Waals surface area contributed by atoms with E-state index in [4.69, 9.17) is 16.3 Å². The van der Waals surface area contributed by atoms with Crippen LogP contribution in [0.4, 0.5) is 0 Å².